The summed E-state index contributed by atoms with van der Waals surface area (Å²) in [5.74, 6) is -0.805. The summed E-state index contributed by atoms with van der Waals surface area (Å²) >= 11 is 0. The highest BCUT2D eigenvalue weighted by atomic mass is 16.2. The van der Waals surface area contributed by atoms with E-state index < -0.39 is 11.5 Å². The Morgan fingerprint density at radius 2 is 1.74 bits per heavy atom. The van der Waals surface area contributed by atoms with Crippen molar-refractivity contribution in [3.05, 3.63) is 92.9 Å². The fourth-order valence-electron chi connectivity index (χ4n) is 3.57. The van der Waals surface area contributed by atoms with Gasteiger partial charge in [-0.3, -0.25) is 14.4 Å². The van der Waals surface area contributed by atoms with Crippen LogP contribution in [0.3, 0.4) is 0 Å². The molecule has 3 aromatic rings. The highest BCUT2D eigenvalue weighted by Gasteiger charge is 2.16. The molecule has 0 saturated heterocycles. The van der Waals surface area contributed by atoms with E-state index in [0.717, 1.165) is 11.3 Å². The Balaban J connectivity index is 1.72. The number of amides is 2. The van der Waals surface area contributed by atoms with Crippen molar-refractivity contribution in [1.29, 1.82) is 5.26 Å². The zero-order chi connectivity index (χ0) is 24.8. The van der Waals surface area contributed by atoms with Crippen LogP contribution in [0.5, 0.6) is 0 Å². The molecule has 0 aliphatic rings. The summed E-state index contributed by atoms with van der Waals surface area (Å²) in [6.07, 6.45) is 0. The molecule has 0 radical (unpaired) electrons. The first-order valence-corrected chi connectivity index (χ1v) is 10.8. The summed E-state index contributed by atoms with van der Waals surface area (Å²) in [5, 5.41) is 14.8. The Kier molecular flexibility index (Phi) is 7.49. The van der Waals surface area contributed by atoms with Crippen molar-refractivity contribution in [2.75, 3.05) is 24.3 Å². The van der Waals surface area contributed by atoms with E-state index in [-0.39, 0.29) is 18.0 Å². The van der Waals surface area contributed by atoms with Gasteiger partial charge in [0.1, 0.15) is 18.2 Å². The highest BCUT2D eigenvalue weighted by Crippen LogP contribution is 2.16. The number of para-hydroxylation sites is 1. The molecular formula is C26H27N5O3. The first-order valence-electron chi connectivity index (χ1n) is 10.8. The number of hydrogen-bond donors (Lipinski definition) is 2. The van der Waals surface area contributed by atoms with Crippen LogP contribution in [0.25, 0.3) is 0 Å². The molecule has 0 aliphatic heterocycles. The van der Waals surface area contributed by atoms with Crippen LogP contribution in [-0.4, -0.2) is 30.5 Å². The molecule has 8 heteroatoms. The fraction of sp³-hybridized carbons (Fsp3) is 0.231. The molecule has 2 aromatic carbocycles. The van der Waals surface area contributed by atoms with Gasteiger partial charge in [-0.05, 0) is 55.3 Å². The van der Waals surface area contributed by atoms with Crippen LogP contribution in [0.4, 0.5) is 11.4 Å². The minimum Gasteiger partial charge on any atom is -0.378 e. The van der Waals surface area contributed by atoms with Crippen LogP contribution in [0.15, 0.2) is 59.4 Å². The molecule has 174 valence electrons. The van der Waals surface area contributed by atoms with Gasteiger partial charge < -0.3 is 20.1 Å². The molecule has 0 unspecified atom stereocenters. The SMILES string of the molecule is Cc1cc(C)n(CC(=O)Nc2ccccc2C(=O)NCc2ccc(N(C)C)cc2)c(=O)c1C#N. The van der Waals surface area contributed by atoms with Crippen molar-refractivity contribution >= 4 is 23.2 Å². The van der Waals surface area contributed by atoms with Gasteiger partial charge in [0, 0.05) is 32.0 Å². The van der Waals surface area contributed by atoms with Gasteiger partial charge in [0.2, 0.25) is 5.91 Å². The average Bonchev–Trinajstić information content (AvgIpc) is 2.81. The molecule has 2 amide bonds. The van der Waals surface area contributed by atoms with Crippen molar-refractivity contribution < 1.29 is 9.59 Å². The Morgan fingerprint density at radius 1 is 1.06 bits per heavy atom. The Labute approximate surface area is 198 Å². The molecule has 0 spiro atoms. The first-order chi connectivity index (χ1) is 16.2. The van der Waals surface area contributed by atoms with E-state index in [0.29, 0.717) is 29.1 Å². The normalized spacial score (nSPS) is 10.3. The smallest absolute Gasteiger partial charge is 0.269 e. The van der Waals surface area contributed by atoms with Gasteiger partial charge in [-0.1, -0.05) is 24.3 Å². The topological polar surface area (TPSA) is 107 Å². The third-order valence-corrected chi connectivity index (χ3v) is 5.47. The third kappa shape index (κ3) is 5.51. The van der Waals surface area contributed by atoms with E-state index in [1.807, 2.05) is 49.3 Å². The lowest BCUT2D eigenvalue weighted by Gasteiger charge is -2.15. The quantitative estimate of drug-likeness (QED) is 0.567. The van der Waals surface area contributed by atoms with Crippen molar-refractivity contribution in [3.8, 4) is 6.07 Å². The van der Waals surface area contributed by atoms with Crippen molar-refractivity contribution in [2.45, 2.75) is 26.9 Å². The molecule has 1 heterocycles. The molecular weight excluding hydrogens is 430 g/mol. The summed E-state index contributed by atoms with van der Waals surface area (Å²) in [6.45, 7) is 3.45. The van der Waals surface area contributed by atoms with Crippen molar-refractivity contribution in [3.63, 3.8) is 0 Å². The summed E-state index contributed by atoms with van der Waals surface area (Å²) < 4.78 is 1.25. The number of anilines is 2. The number of aromatic nitrogens is 1. The molecule has 3 rings (SSSR count). The van der Waals surface area contributed by atoms with Crippen molar-refractivity contribution in [2.24, 2.45) is 0 Å². The van der Waals surface area contributed by atoms with E-state index in [1.54, 1.807) is 44.2 Å². The maximum absolute atomic E-state index is 12.8. The average molecular weight is 458 g/mol. The molecule has 0 bridgehead atoms. The van der Waals surface area contributed by atoms with Crippen LogP contribution >= 0.6 is 0 Å². The summed E-state index contributed by atoms with van der Waals surface area (Å²) in [5.41, 5.74) is 3.30. The van der Waals surface area contributed by atoms with Gasteiger partial charge in [0.05, 0.1) is 11.3 Å². The third-order valence-electron chi connectivity index (χ3n) is 5.47. The summed E-state index contributed by atoms with van der Waals surface area (Å²) in [6, 6.07) is 18.1. The van der Waals surface area contributed by atoms with E-state index in [4.69, 9.17) is 0 Å². The lowest BCUT2D eigenvalue weighted by Crippen LogP contribution is -2.32. The van der Waals surface area contributed by atoms with Gasteiger partial charge in [0.15, 0.2) is 0 Å². The van der Waals surface area contributed by atoms with E-state index in [9.17, 15) is 19.6 Å². The molecule has 0 fully saturated rings. The second-order valence-electron chi connectivity index (χ2n) is 8.18. The number of hydrogen-bond acceptors (Lipinski definition) is 5. The minimum atomic E-state index is -0.513. The number of nitriles is 1. The second-order valence-corrected chi connectivity index (χ2v) is 8.18. The van der Waals surface area contributed by atoms with Crippen LogP contribution in [0, 0.1) is 25.2 Å². The number of rotatable bonds is 7. The Bertz CT molecular complexity index is 1320. The maximum Gasteiger partial charge on any atom is 0.269 e. The minimum absolute atomic E-state index is 0.0109. The number of nitrogens with zero attached hydrogens (tertiary/aromatic N) is 3. The van der Waals surface area contributed by atoms with Gasteiger partial charge in [-0.2, -0.15) is 5.26 Å². The summed E-state index contributed by atoms with van der Waals surface area (Å²) in [4.78, 5) is 40.1. The summed E-state index contributed by atoms with van der Waals surface area (Å²) in [7, 11) is 3.92. The Hall–Kier alpha value is -4.38. The zero-order valence-electron chi connectivity index (χ0n) is 19.7. The number of pyridine rings is 1. The van der Waals surface area contributed by atoms with Crippen molar-refractivity contribution in [1.82, 2.24) is 9.88 Å². The standard InChI is InChI=1S/C26H27N5O3/c1-17-13-18(2)31(26(34)22(17)14-27)16-24(32)29-23-8-6-5-7-21(23)25(33)28-15-19-9-11-20(12-10-19)30(3)4/h5-13H,15-16H2,1-4H3,(H,28,33)(H,29,32). The predicted octanol–water partition coefficient (Wildman–Crippen LogP) is 2.97. The second kappa shape index (κ2) is 10.5. The van der Waals surface area contributed by atoms with Crippen LogP contribution in [-0.2, 0) is 17.9 Å². The molecule has 0 saturated carbocycles. The fourth-order valence-corrected chi connectivity index (χ4v) is 3.57. The maximum atomic E-state index is 12.8. The largest absolute Gasteiger partial charge is 0.378 e. The van der Waals surface area contributed by atoms with Crippen LogP contribution in [0.2, 0.25) is 0 Å². The Morgan fingerprint density at radius 3 is 2.38 bits per heavy atom. The molecule has 1 aromatic heterocycles. The van der Waals surface area contributed by atoms with Gasteiger partial charge in [0.25, 0.3) is 11.5 Å². The zero-order valence-corrected chi connectivity index (χ0v) is 19.7. The number of benzene rings is 2. The van der Waals surface area contributed by atoms with E-state index in [2.05, 4.69) is 10.6 Å². The van der Waals surface area contributed by atoms with Gasteiger partial charge >= 0.3 is 0 Å². The number of carbonyl (C=O) groups is 2. The van der Waals surface area contributed by atoms with Crippen LogP contribution < -0.4 is 21.1 Å². The molecule has 8 nitrogen and oxygen atoms in total. The highest BCUT2D eigenvalue weighted by molar-refractivity contribution is 6.03. The van der Waals surface area contributed by atoms with Crippen LogP contribution in [0.1, 0.15) is 32.7 Å². The first kappa shape index (κ1) is 24.3. The number of nitrogens with one attached hydrogen (secondary N) is 2. The van der Waals surface area contributed by atoms with E-state index >= 15 is 0 Å². The molecule has 0 aliphatic carbocycles. The van der Waals surface area contributed by atoms with E-state index in [1.165, 1.54) is 4.57 Å². The lowest BCUT2D eigenvalue weighted by atomic mass is 10.1. The molecule has 0 atom stereocenters. The monoisotopic (exact) mass is 457 g/mol. The number of aryl methyl sites for hydroxylation is 2. The number of carbonyl (C=O) groups excluding carboxylic acids is 2. The lowest BCUT2D eigenvalue weighted by molar-refractivity contribution is -0.116. The molecule has 2 N–H and O–H groups in total. The predicted molar refractivity (Wildman–Crippen MR) is 132 cm³/mol. The molecule has 34 heavy (non-hydrogen) atoms. The van der Waals surface area contributed by atoms with Gasteiger partial charge in [-0.25, -0.2) is 0 Å². The van der Waals surface area contributed by atoms with Gasteiger partial charge in [-0.15, -0.1) is 0 Å².